The first kappa shape index (κ1) is 11.0. The van der Waals surface area contributed by atoms with Gasteiger partial charge < -0.3 is 10.5 Å². The van der Waals surface area contributed by atoms with Gasteiger partial charge in [0.1, 0.15) is 17.3 Å². The van der Waals surface area contributed by atoms with E-state index in [-0.39, 0.29) is 0 Å². The van der Waals surface area contributed by atoms with E-state index < -0.39 is 0 Å². The minimum atomic E-state index is 0.385. The van der Waals surface area contributed by atoms with Crippen LogP contribution < -0.4 is 10.5 Å². The van der Waals surface area contributed by atoms with E-state index in [1.807, 2.05) is 0 Å². The predicted molar refractivity (Wildman–Crippen MR) is 65.2 cm³/mol. The highest BCUT2D eigenvalue weighted by molar-refractivity contribution is 6.34. The molecule has 0 bridgehead atoms. The molecular formula is C11H8Cl2N2O. The van der Waals surface area contributed by atoms with Crippen molar-refractivity contribution in [3.8, 4) is 11.5 Å². The summed E-state index contributed by atoms with van der Waals surface area (Å²) in [5, 5.41) is 1.04. The van der Waals surface area contributed by atoms with Gasteiger partial charge in [0, 0.05) is 23.4 Å². The fraction of sp³-hybridized carbons (Fsp3) is 0. The number of rotatable bonds is 2. The minimum absolute atomic E-state index is 0.385. The van der Waals surface area contributed by atoms with Gasteiger partial charge in [-0.1, -0.05) is 23.2 Å². The number of ether oxygens (including phenoxy) is 1. The van der Waals surface area contributed by atoms with Crippen molar-refractivity contribution in [1.82, 2.24) is 4.98 Å². The molecule has 1 heterocycles. The van der Waals surface area contributed by atoms with Gasteiger partial charge in [0.2, 0.25) is 0 Å². The molecule has 0 spiro atoms. The van der Waals surface area contributed by atoms with E-state index in [0.717, 1.165) is 0 Å². The van der Waals surface area contributed by atoms with Gasteiger partial charge in [0.05, 0.1) is 5.02 Å². The van der Waals surface area contributed by atoms with Crippen LogP contribution in [0.25, 0.3) is 0 Å². The van der Waals surface area contributed by atoms with Gasteiger partial charge in [-0.2, -0.15) is 0 Å². The Morgan fingerprint density at radius 3 is 2.69 bits per heavy atom. The lowest BCUT2D eigenvalue weighted by atomic mass is 10.3. The van der Waals surface area contributed by atoms with Crippen molar-refractivity contribution in [1.29, 1.82) is 0 Å². The highest BCUT2D eigenvalue weighted by Crippen LogP contribution is 2.31. The molecule has 3 nitrogen and oxygen atoms in total. The standard InChI is InChI=1S/C11H8Cl2N2O/c12-7-1-2-9(13)10(5-7)16-8-3-4-15-11(14)6-8/h1-6H,(H2,14,15). The molecule has 16 heavy (non-hydrogen) atoms. The number of nitrogens with zero attached hydrogens (tertiary/aromatic N) is 1. The molecule has 0 aliphatic carbocycles. The fourth-order valence-electron chi connectivity index (χ4n) is 1.17. The lowest BCUT2D eigenvalue weighted by Gasteiger charge is -2.07. The van der Waals surface area contributed by atoms with E-state index in [2.05, 4.69) is 4.98 Å². The smallest absolute Gasteiger partial charge is 0.147 e. The van der Waals surface area contributed by atoms with Crippen molar-refractivity contribution in [3.63, 3.8) is 0 Å². The van der Waals surface area contributed by atoms with Gasteiger partial charge in [0.25, 0.3) is 0 Å². The van der Waals surface area contributed by atoms with Crippen LogP contribution in [0.5, 0.6) is 11.5 Å². The average molecular weight is 255 g/mol. The number of hydrogen-bond acceptors (Lipinski definition) is 3. The van der Waals surface area contributed by atoms with Gasteiger partial charge >= 0.3 is 0 Å². The van der Waals surface area contributed by atoms with Gasteiger partial charge in [-0.3, -0.25) is 0 Å². The van der Waals surface area contributed by atoms with Crippen molar-refractivity contribution in [2.24, 2.45) is 0 Å². The molecule has 0 atom stereocenters. The van der Waals surface area contributed by atoms with Crippen LogP contribution in [0.4, 0.5) is 5.82 Å². The lowest BCUT2D eigenvalue weighted by Crippen LogP contribution is -1.91. The van der Waals surface area contributed by atoms with Crippen molar-refractivity contribution in [2.75, 3.05) is 5.73 Å². The van der Waals surface area contributed by atoms with E-state index in [4.69, 9.17) is 33.7 Å². The maximum Gasteiger partial charge on any atom is 0.147 e. The largest absolute Gasteiger partial charge is 0.456 e. The van der Waals surface area contributed by atoms with Gasteiger partial charge in [-0.05, 0) is 18.2 Å². The maximum atomic E-state index is 5.96. The van der Waals surface area contributed by atoms with Crippen molar-refractivity contribution in [2.45, 2.75) is 0 Å². The summed E-state index contributed by atoms with van der Waals surface area (Å²) in [5.41, 5.74) is 5.53. The summed E-state index contributed by atoms with van der Waals surface area (Å²) in [7, 11) is 0. The summed E-state index contributed by atoms with van der Waals surface area (Å²) in [6, 6.07) is 8.30. The first-order valence-electron chi connectivity index (χ1n) is 4.49. The Balaban J connectivity index is 2.30. The third-order valence-electron chi connectivity index (χ3n) is 1.87. The molecule has 0 unspecified atom stereocenters. The summed E-state index contributed by atoms with van der Waals surface area (Å²) in [4.78, 5) is 3.86. The Labute approximate surface area is 103 Å². The molecule has 0 amide bonds. The number of aromatic nitrogens is 1. The Kier molecular flexibility index (Phi) is 3.17. The second kappa shape index (κ2) is 4.60. The summed E-state index contributed by atoms with van der Waals surface area (Å²) in [6.07, 6.45) is 1.56. The minimum Gasteiger partial charge on any atom is -0.456 e. The summed E-state index contributed by atoms with van der Waals surface area (Å²) >= 11 is 11.8. The molecule has 0 fully saturated rings. The topological polar surface area (TPSA) is 48.1 Å². The zero-order valence-corrected chi connectivity index (χ0v) is 9.66. The lowest BCUT2D eigenvalue weighted by molar-refractivity contribution is 0.482. The number of hydrogen-bond donors (Lipinski definition) is 1. The molecular weight excluding hydrogens is 247 g/mol. The molecule has 0 saturated carbocycles. The van der Waals surface area contributed by atoms with E-state index >= 15 is 0 Å². The fourth-order valence-corrected chi connectivity index (χ4v) is 1.49. The SMILES string of the molecule is Nc1cc(Oc2cc(Cl)ccc2Cl)ccn1. The van der Waals surface area contributed by atoms with E-state index in [1.165, 1.54) is 0 Å². The average Bonchev–Trinajstić information content (AvgIpc) is 2.24. The molecule has 82 valence electrons. The first-order chi connectivity index (χ1) is 7.65. The Morgan fingerprint density at radius 2 is 1.94 bits per heavy atom. The normalized spacial score (nSPS) is 10.1. The van der Waals surface area contributed by atoms with E-state index in [0.29, 0.717) is 27.4 Å². The maximum absolute atomic E-state index is 5.96. The van der Waals surface area contributed by atoms with Gasteiger partial charge in [0.15, 0.2) is 0 Å². The molecule has 1 aromatic carbocycles. The van der Waals surface area contributed by atoms with E-state index in [9.17, 15) is 0 Å². The molecule has 2 aromatic rings. The van der Waals surface area contributed by atoms with Crippen LogP contribution in [0.2, 0.25) is 10.0 Å². The molecule has 5 heteroatoms. The zero-order valence-electron chi connectivity index (χ0n) is 8.15. The van der Waals surface area contributed by atoms with Crippen molar-refractivity contribution >= 4 is 29.0 Å². The molecule has 2 N–H and O–H groups in total. The zero-order chi connectivity index (χ0) is 11.5. The van der Waals surface area contributed by atoms with Crippen LogP contribution in [0.1, 0.15) is 0 Å². The van der Waals surface area contributed by atoms with Crippen LogP contribution in [-0.4, -0.2) is 4.98 Å². The third-order valence-corrected chi connectivity index (χ3v) is 2.42. The number of nitrogen functional groups attached to an aromatic ring is 1. The molecule has 0 aliphatic rings. The molecule has 0 saturated heterocycles. The third kappa shape index (κ3) is 2.56. The van der Waals surface area contributed by atoms with Crippen LogP contribution in [0.3, 0.4) is 0 Å². The van der Waals surface area contributed by atoms with Crippen LogP contribution in [-0.2, 0) is 0 Å². The van der Waals surface area contributed by atoms with Crippen LogP contribution in [0, 0.1) is 0 Å². The summed E-state index contributed by atoms with van der Waals surface area (Å²) in [5.74, 6) is 1.44. The van der Waals surface area contributed by atoms with Crippen LogP contribution >= 0.6 is 23.2 Å². The Bertz CT molecular complexity index is 517. The number of anilines is 1. The molecule has 0 aliphatic heterocycles. The van der Waals surface area contributed by atoms with Crippen molar-refractivity contribution in [3.05, 3.63) is 46.6 Å². The number of pyridine rings is 1. The molecule has 0 radical (unpaired) electrons. The summed E-state index contributed by atoms with van der Waals surface area (Å²) < 4.78 is 5.53. The monoisotopic (exact) mass is 254 g/mol. The molecule has 2 rings (SSSR count). The van der Waals surface area contributed by atoms with Gasteiger partial charge in [-0.25, -0.2) is 4.98 Å². The summed E-state index contributed by atoms with van der Waals surface area (Å²) in [6.45, 7) is 0. The molecule has 1 aromatic heterocycles. The van der Waals surface area contributed by atoms with Gasteiger partial charge in [-0.15, -0.1) is 0 Å². The Hall–Kier alpha value is -1.45. The van der Waals surface area contributed by atoms with Crippen LogP contribution in [0.15, 0.2) is 36.5 Å². The second-order valence-electron chi connectivity index (χ2n) is 3.09. The van der Waals surface area contributed by atoms with E-state index in [1.54, 1.807) is 36.5 Å². The number of nitrogens with two attached hydrogens (primary N) is 1. The second-order valence-corrected chi connectivity index (χ2v) is 3.94. The first-order valence-corrected chi connectivity index (χ1v) is 5.25. The Morgan fingerprint density at radius 1 is 1.12 bits per heavy atom. The highest BCUT2D eigenvalue weighted by atomic mass is 35.5. The highest BCUT2D eigenvalue weighted by Gasteiger charge is 2.04. The van der Waals surface area contributed by atoms with Crippen molar-refractivity contribution < 1.29 is 4.74 Å². The quantitative estimate of drug-likeness (QED) is 0.888. The number of benzene rings is 1. The number of halogens is 2. The predicted octanol–water partition coefficient (Wildman–Crippen LogP) is 3.76.